The summed E-state index contributed by atoms with van der Waals surface area (Å²) in [6.07, 6.45) is 6.61. The third-order valence-corrected chi connectivity index (χ3v) is 4.15. The monoisotopic (exact) mass is 314 g/mol. The summed E-state index contributed by atoms with van der Waals surface area (Å²) in [5.41, 5.74) is 1.33. The first-order valence-electron chi connectivity index (χ1n) is 8.43. The van der Waals surface area contributed by atoms with Crippen molar-refractivity contribution in [3.05, 3.63) is 48.5 Å². The standard InChI is InChI=1S/C18H26N4O/c1-16-13-22(10-7-20-16)14-17-4-2-5-18(12-17)23-11-3-8-21-9-6-19-15-21/h2,4-6,9,12,15-16,20H,3,7-8,10-11,13-14H2,1H3/t16-/m1/s1. The van der Waals surface area contributed by atoms with Crippen molar-refractivity contribution in [3.8, 4) is 5.75 Å². The van der Waals surface area contributed by atoms with Gasteiger partial charge in [0.05, 0.1) is 12.9 Å². The van der Waals surface area contributed by atoms with Crippen LogP contribution in [0.4, 0.5) is 0 Å². The van der Waals surface area contributed by atoms with Gasteiger partial charge in [-0.05, 0) is 31.0 Å². The molecule has 5 heteroatoms. The maximum atomic E-state index is 5.89. The number of ether oxygens (including phenoxy) is 1. The van der Waals surface area contributed by atoms with Crippen LogP contribution in [0.2, 0.25) is 0 Å². The molecule has 1 aromatic heterocycles. The van der Waals surface area contributed by atoms with E-state index in [1.165, 1.54) is 5.56 Å². The Morgan fingerprint density at radius 2 is 2.35 bits per heavy atom. The Hall–Kier alpha value is -1.85. The molecule has 124 valence electrons. The molecule has 0 saturated carbocycles. The van der Waals surface area contributed by atoms with Crippen molar-refractivity contribution in [1.29, 1.82) is 0 Å². The summed E-state index contributed by atoms with van der Waals surface area (Å²) in [6, 6.07) is 9.06. The zero-order valence-corrected chi connectivity index (χ0v) is 13.8. The van der Waals surface area contributed by atoms with Crippen LogP contribution in [0.3, 0.4) is 0 Å². The molecule has 1 atom stereocenters. The molecule has 1 aromatic carbocycles. The van der Waals surface area contributed by atoms with Gasteiger partial charge in [-0.15, -0.1) is 0 Å². The molecule has 0 radical (unpaired) electrons. The van der Waals surface area contributed by atoms with Gasteiger partial charge < -0.3 is 14.6 Å². The lowest BCUT2D eigenvalue weighted by Gasteiger charge is -2.31. The fraction of sp³-hybridized carbons (Fsp3) is 0.500. The highest BCUT2D eigenvalue weighted by molar-refractivity contribution is 5.28. The molecule has 0 bridgehead atoms. The topological polar surface area (TPSA) is 42.3 Å². The van der Waals surface area contributed by atoms with E-state index in [2.05, 4.69) is 44.9 Å². The molecule has 1 N–H and O–H groups in total. The molecule has 1 fully saturated rings. The Morgan fingerprint density at radius 1 is 1.39 bits per heavy atom. The van der Waals surface area contributed by atoms with Gasteiger partial charge in [-0.2, -0.15) is 0 Å². The van der Waals surface area contributed by atoms with Crippen LogP contribution in [0.1, 0.15) is 18.9 Å². The predicted molar refractivity (Wildman–Crippen MR) is 91.5 cm³/mol. The highest BCUT2D eigenvalue weighted by Crippen LogP contribution is 2.16. The average molecular weight is 314 g/mol. The summed E-state index contributed by atoms with van der Waals surface area (Å²) in [6.45, 7) is 8.21. The van der Waals surface area contributed by atoms with Crippen LogP contribution in [-0.2, 0) is 13.1 Å². The molecule has 5 nitrogen and oxygen atoms in total. The molecule has 0 aliphatic carbocycles. The van der Waals surface area contributed by atoms with E-state index in [1.54, 1.807) is 6.20 Å². The molecular weight excluding hydrogens is 288 g/mol. The van der Waals surface area contributed by atoms with Gasteiger partial charge in [-0.1, -0.05) is 12.1 Å². The number of rotatable bonds is 7. The molecular formula is C18H26N4O. The van der Waals surface area contributed by atoms with E-state index in [1.807, 2.05) is 18.6 Å². The van der Waals surface area contributed by atoms with Gasteiger partial charge in [0.25, 0.3) is 0 Å². The second-order valence-corrected chi connectivity index (χ2v) is 6.24. The van der Waals surface area contributed by atoms with Crippen molar-refractivity contribution in [2.75, 3.05) is 26.2 Å². The van der Waals surface area contributed by atoms with E-state index < -0.39 is 0 Å². The summed E-state index contributed by atoms with van der Waals surface area (Å²) in [7, 11) is 0. The number of nitrogens with zero attached hydrogens (tertiary/aromatic N) is 3. The number of aromatic nitrogens is 2. The molecule has 23 heavy (non-hydrogen) atoms. The van der Waals surface area contributed by atoms with Crippen LogP contribution in [0.15, 0.2) is 43.0 Å². The zero-order valence-electron chi connectivity index (χ0n) is 13.8. The minimum absolute atomic E-state index is 0.575. The van der Waals surface area contributed by atoms with E-state index in [0.29, 0.717) is 6.04 Å². The van der Waals surface area contributed by atoms with Crippen molar-refractivity contribution in [2.45, 2.75) is 32.5 Å². The van der Waals surface area contributed by atoms with Crippen LogP contribution in [0, 0.1) is 0 Å². The van der Waals surface area contributed by atoms with Gasteiger partial charge in [0.15, 0.2) is 0 Å². The largest absolute Gasteiger partial charge is 0.494 e. The number of aryl methyl sites for hydroxylation is 1. The van der Waals surface area contributed by atoms with Crippen LogP contribution >= 0.6 is 0 Å². The van der Waals surface area contributed by atoms with Gasteiger partial charge in [-0.3, -0.25) is 4.90 Å². The lowest BCUT2D eigenvalue weighted by Crippen LogP contribution is -2.48. The van der Waals surface area contributed by atoms with E-state index >= 15 is 0 Å². The molecule has 2 heterocycles. The Morgan fingerprint density at radius 3 is 3.17 bits per heavy atom. The smallest absolute Gasteiger partial charge is 0.119 e. The third-order valence-electron chi connectivity index (χ3n) is 4.15. The minimum Gasteiger partial charge on any atom is -0.494 e. The molecule has 2 aromatic rings. The summed E-state index contributed by atoms with van der Waals surface area (Å²) >= 11 is 0. The summed E-state index contributed by atoms with van der Waals surface area (Å²) < 4.78 is 7.97. The molecule has 0 unspecified atom stereocenters. The fourth-order valence-corrected chi connectivity index (χ4v) is 3.00. The predicted octanol–water partition coefficient (Wildman–Crippen LogP) is 2.15. The molecule has 1 aliphatic heterocycles. The van der Waals surface area contributed by atoms with E-state index in [-0.39, 0.29) is 0 Å². The average Bonchev–Trinajstić information content (AvgIpc) is 3.05. The second kappa shape index (κ2) is 8.13. The molecule has 1 aliphatic rings. The van der Waals surface area contributed by atoms with Gasteiger partial charge in [0.2, 0.25) is 0 Å². The van der Waals surface area contributed by atoms with Gasteiger partial charge in [0.1, 0.15) is 5.75 Å². The number of benzene rings is 1. The third kappa shape index (κ3) is 5.08. The molecule has 0 amide bonds. The van der Waals surface area contributed by atoms with Crippen LogP contribution < -0.4 is 10.1 Å². The van der Waals surface area contributed by atoms with Crippen molar-refractivity contribution in [1.82, 2.24) is 19.8 Å². The van der Waals surface area contributed by atoms with Crippen LogP contribution in [0.5, 0.6) is 5.75 Å². The number of piperazine rings is 1. The maximum absolute atomic E-state index is 5.89. The molecule has 3 rings (SSSR count). The Bertz CT molecular complexity index is 584. The van der Waals surface area contributed by atoms with Crippen molar-refractivity contribution in [3.63, 3.8) is 0 Å². The normalized spacial score (nSPS) is 18.9. The summed E-state index contributed by atoms with van der Waals surface area (Å²) in [5, 5.41) is 3.48. The first-order chi connectivity index (χ1) is 11.3. The first kappa shape index (κ1) is 16.0. The Balaban J connectivity index is 1.45. The number of nitrogens with one attached hydrogen (secondary N) is 1. The Kier molecular flexibility index (Phi) is 5.66. The van der Waals surface area contributed by atoms with Crippen molar-refractivity contribution < 1.29 is 4.74 Å². The van der Waals surface area contributed by atoms with Gasteiger partial charge >= 0.3 is 0 Å². The number of hydrogen-bond acceptors (Lipinski definition) is 4. The SMILES string of the molecule is C[C@@H]1CN(Cc2cccc(OCCCn3ccnc3)c2)CCN1. The lowest BCUT2D eigenvalue weighted by molar-refractivity contribution is 0.199. The maximum Gasteiger partial charge on any atom is 0.119 e. The Labute approximate surface area is 138 Å². The minimum atomic E-state index is 0.575. The highest BCUT2D eigenvalue weighted by Gasteiger charge is 2.15. The molecule has 0 spiro atoms. The molecule has 1 saturated heterocycles. The summed E-state index contributed by atoms with van der Waals surface area (Å²) in [5.74, 6) is 0.969. The fourth-order valence-electron chi connectivity index (χ4n) is 3.00. The highest BCUT2D eigenvalue weighted by atomic mass is 16.5. The van der Waals surface area contributed by atoms with E-state index in [4.69, 9.17) is 4.74 Å². The summed E-state index contributed by atoms with van der Waals surface area (Å²) in [4.78, 5) is 6.54. The lowest BCUT2D eigenvalue weighted by atomic mass is 10.1. The van der Waals surface area contributed by atoms with E-state index in [9.17, 15) is 0 Å². The zero-order chi connectivity index (χ0) is 15.9. The quantitative estimate of drug-likeness (QED) is 0.795. The van der Waals surface area contributed by atoms with Crippen molar-refractivity contribution >= 4 is 0 Å². The second-order valence-electron chi connectivity index (χ2n) is 6.24. The first-order valence-corrected chi connectivity index (χ1v) is 8.43. The van der Waals surface area contributed by atoms with E-state index in [0.717, 1.165) is 51.5 Å². The van der Waals surface area contributed by atoms with Crippen molar-refractivity contribution in [2.24, 2.45) is 0 Å². The van der Waals surface area contributed by atoms with Crippen LogP contribution in [-0.4, -0.2) is 46.7 Å². The number of hydrogen-bond donors (Lipinski definition) is 1. The van der Waals surface area contributed by atoms with Crippen LogP contribution in [0.25, 0.3) is 0 Å². The van der Waals surface area contributed by atoms with Gasteiger partial charge in [-0.25, -0.2) is 4.98 Å². The number of imidazole rings is 1. The van der Waals surface area contributed by atoms with Gasteiger partial charge in [0, 0.05) is 51.2 Å².